The molecule has 0 unspecified atom stereocenters. The third-order valence-electron chi connectivity index (χ3n) is 4.65. The molecule has 2 heterocycles. The fourth-order valence-corrected chi connectivity index (χ4v) is 3.76. The molecular formula is C22H22N4O4S. The van der Waals surface area contributed by atoms with Gasteiger partial charge in [0.25, 0.3) is 0 Å². The summed E-state index contributed by atoms with van der Waals surface area (Å²) in [5.41, 5.74) is 3.05. The fraction of sp³-hybridized carbons (Fsp3) is 0.227. The van der Waals surface area contributed by atoms with Crippen molar-refractivity contribution < 1.29 is 18.9 Å². The number of nitrogens with one attached hydrogen (secondary N) is 1. The van der Waals surface area contributed by atoms with E-state index in [9.17, 15) is 0 Å². The number of hydrogen-bond acceptors (Lipinski definition) is 9. The van der Waals surface area contributed by atoms with E-state index in [2.05, 4.69) is 27.1 Å². The second kappa shape index (κ2) is 9.13. The third kappa shape index (κ3) is 4.09. The smallest absolute Gasteiger partial charge is 0.247 e. The lowest BCUT2D eigenvalue weighted by Gasteiger charge is -2.21. The van der Waals surface area contributed by atoms with Gasteiger partial charge in [0.05, 0.1) is 21.3 Å². The fourth-order valence-electron chi connectivity index (χ4n) is 3.25. The first-order chi connectivity index (χ1) is 15.2. The Hall–Kier alpha value is -3.46. The van der Waals surface area contributed by atoms with Crippen LogP contribution in [0.2, 0.25) is 0 Å². The Morgan fingerprint density at radius 3 is 2.52 bits per heavy atom. The number of ether oxygens (including phenoxy) is 4. The van der Waals surface area contributed by atoms with Crippen molar-refractivity contribution >= 4 is 17.4 Å². The zero-order valence-corrected chi connectivity index (χ0v) is 18.2. The second-order valence-electron chi connectivity index (χ2n) is 6.49. The van der Waals surface area contributed by atoms with Crippen LogP contribution in [-0.4, -0.2) is 42.3 Å². The van der Waals surface area contributed by atoms with Crippen LogP contribution in [0.15, 0.2) is 54.2 Å². The van der Waals surface area contributed by atoms with Gasteiger partial charge in [-0.2, -0.15) is 4.98 Å². The Labute approximate surface area is 184 Å². The number of aromatic nitrogens is 3. The van der Waals surface area contributed by atoms with Crippen LogP contribution in [-0.2, 0) is 0 Å². The number of fused-ring (bicyclic) bond motifs is 3. The molecule has 0 fully saturated rings. The largest absolute Gasteiger partial charge is 0.493 e. The number of anilines is 1. The van der Waals surface area contributed by atoms with Gasteiger partial charge >= 0.3 is 0 Å². The molecule has 0 saturated heterocycles. The first-order valence-corrected chi connectivity index (χ1v) is 10.5. The summed E-state index contributed by atoms with van der Waals surface area (Å²) < 4.78 is 22.8. The molecule has 0 spiro atoms. The minimum absolute atomic E-state index is 0.387. The molecule has 9 heteroatoms. The third-order valence-corrected chi connectivity index (χ3v) is 5.49. The van der Waals surface area contributed by atoms with E-state index in [0.717, 1.165) is 16.8 Å². The lowest BCUT2D eigenvalue weighted by atomic mass is 10.1. The van der Waals surface area contributed by atoms with Crippen LogP contribution in [0, 0.1) is 0 Å². The number of para-hydroxylation sites is 1. The summed E-state index contributed by atoms with van der Waals surface area (Å²) >= 11 is 1.44. The minimum Gasteiger partial charge on any atom is -0.493 e. The Morgan fingerprint density at radius 2 is 1.84 bits per heavy atom. The summed E-state index contributed by atoms with van der Waals surface area (Å²) in [6.45, 7) is 3.73. The number of rotatable bonds is 7. The number of benzene rings is 2. The van der Waals surface area contributed by atoms with Gasteiger partial charge in [-0.1, -0.05) is 36.0 Å². The van der Waals surface area contributed by atoms with Gasteiger partial charge in [0.15, 0.2) is 23.4 Å². The maximum absolute atomic E-state index is 6.30. The average molecular weight is 439 g/mol. The molecule has 3 aromatic rings. The molecule has 1 aromatic heterocycles. The number of methoxy groups -OCH3 is 3. The first kappa shape index (κ1) is 20.8. The van der Waals surface area contributed by atoms with Crippen molar-refractivity contribution in [3.63, 3.8) is 0 Å². The van der Waals surface area contributed by atoms with Gasteiger partial charge in [-0.3, -0.25) is 0 Å². The zero-order valence-electron chi connectivity index (χ0n) is 17.4. The molecule has 1 aliphatic rings. The van der Waals surface area contributed by atoms with Crippen LogP contribution >= 0.6 is 11.8 Å². The number of thioether (sulfide) groups is 1. The average Bonchev–Trinajstić information content (AvgIpc) is 2.98. The molecule has 1 N–H and O–H groups in total. The van der Waals surface area contributed by atoms with Crippen LogP contribution < -0.4 is 24.3 Å². The first-order valence-electron chi connectivity index (χ1n) is 9.49. The summed E-state index contributed by atoms with van der Waals surface area (Å²) in [6.07, 6.45) is 1.21. The molecule has 8 nitrogen and oxygen atoms in total. The van der Waals surface area contributed by atoms with E-state index < -0.39 is 6.23 Å². The van der Waals surface area contributed by atoms with Crippen molar-refractivity contribution in [2.75, 3.05) is 32.4 Å². The van der Waals surface area contributed by atoms with Crippen molar-refractivity contribution in [2.24, 2.45) is 0 Å². The summed E-state index contributed by atoms with van der Waals surface area (Å²) in [6, 6.07) is 11.5. The summed E-state index contributed by atoms with van der Waals surface area (Å²) in [5, 5.41) is 12.6. The lowest BCUT2D eigenvalue weighted by molar-refractivity contribution is 0.223. The Morgan fingerprint density at radius 1 is 1.10 bits per heavy atom. The van der Waals surface area contributed by atoms with Gasteiger partial charge < -0.3 is 24.3 Å². The quantitative estimate of drug-likeness (QED) is 0.427. The summed E-state index contributed by atoms with van der Waals surface area (Å²) in [5.74, 6) is 2.63. The van der Waals surface area contributed by atoms with E-state index in [1.807, 2.05) is 36.4 Å². The van der Waals surface area contributed by atoms with Crippen molar-refractivity contribution in [1.29, 1.82) is 0 Å². The zero-order chi connectivity index (χ0) is 21.8. The molecule has 1 aliphatic heterocycles. The highest BCUT2D eigenvalue weighted by Gasteiger charge is 2.28. The van der Waals surface area contributed by atoms with Gasteiger partial charge in [0, 0.05) is 22.6 Å². The van der Waals surface area contributed by atoms with E-state index in [1.165, 1.54) is 11.8 Å². The van der Waals surface area contributed by atoms with Gasteiger partial charge in [-0.15, -0.1) is 16.8 Å². The summed E-state index contributed by atoms with van der Waals surface area (Å²) in [7, 11) is 4.72. The molecule has 31 heavy (non-hydrogen) atoms. The van der Waals surface area contributed by atoms with Crippen LogP contribution in [0.5, 0.6) is 23.1 Å². The standard InChI is InChI=1S/C22H22N4O4S/c1-5-10-31-22-24-21-18(25-26-22)14-8-6-7-9-15(14)23-20(30-21)13-11-16(27-2)19(29-4)17(12-13)28-3/h5-9,11-12,20,23H,1,10H2,2-4H3/t20-/m1/s1. The highest BCUT2D eigenvalue weighted by atomic mass is 32.2. The van der Waals surface area contributed by atoms with Crippen molar-refractivity contribution in [3.8, 4) is 34.4 Å². The van der Waals surface area contributed by atoms with Crippen molar-refractivity contribution in [3.05, 3.63) is 54.6 Å². The maximum atomic E-state index is 6.30. The van der Waals surface area contributed by atoms with Crippen LogP contribution in [0.3, 0.4) is 0 Å². The molecule has 0 amide bonds. The Kier molecular flexibility index (Phi) is 6.13. The van der Waals surface area contributed by atoms with Gasteiger partial charge in [0.1, 0.15) is 0 Å². The molecule has 2 aromatic carbocycles. The van der Waals surface area contributed by atoms with E-state index in [4.69, 9.17) is 18.9 Å². The lowest BCUT2D eigenvalue weighted by Crippen LogP contribution is -2.17. The van der Waals surface area contributed by atoms with Gasteiger partial charge in [0.2, 0.25) is 16.8 Å². The Balaban J connectivity index is 1.82. The molecule has 0 saturated carbocycles. The molecule has 1 atom stereocenters. The van der Waals surface area contributed by atoms with Crippen molar-refractivity contribution in [2.45, 2.75) is 11.4 Å². The van der Waals surface area contributed by atoms with Crippen molar-refractivity contribution in [1.82, 2.24) is 15.2 Å². The predicted octanol–water partition coefficient (Wildman–Crippen LogP) is 4.35. The number of hydrogen-bond donors (Lipinski definition) is 1. The van der Waals surface area contributed by atoms with E-state index >= 15 is 0 Å². The number of nitrogens with zero attached hydrogens (tertiary/aromatic N) is 3. The van der Waals surface area contributed by atoms with Gasteiger partial charge in [-0.05, 0) is 18.2 Å². The molecule has 0 aliphatic carbocycles. The monoisotopic (exact) mass is 438 g/mol. The topological polar surface area (TPSA) is 87.6 Å². The highest BCUT2D eigenvalue weighted by molar-refractivity contribution is 7.99. The normalized spacial score (nSPS) is 14.2. The molecule has 4 rings (SSSR count). The van der Waals surface area contributed by atoms with E-state index in [-0.39, 0.29) is 0 Å². The Bertz CT molecular complexity index is 1080. The highest BCUT2D eigenvalue weighted by Crippen LogP contribution is 2.43. The van der Waals surface area contributed by atoms with Crippen LogP contribution in [0.25, 0.3) is 11.3 Å². The van der Waals surface area contributed by atoms with E-state index in [1.54, 1.807) is 27.4 Å². The maximum Gasteiger partial charge on any atom is 0.247 e. The second-order valence-corrected chi connectivity index (χ2v) is 7.48. The summed E-state index contributed by atoms with van der Waals surface area (Å²) in [4.78, 5) is 4.60. The van der Waals surface area contributed by atoms with Gasteiger partial charge in [-0.25, -0.2) is 0 Å². The molecule has 0 bridgehead atoms. The predicted molar refractivity (Wildman–Crippen MR) is 119 cm³/mol. The SMILES string of the molecule is C=CCSc1nnc2c(n1)O[C@H](c1cc(OC)c(OC)c(OC)c1)Nc1ccccc1-2. The van der Waals surface area contributed by atoms with Crippen LogP contribution in [0.1, 0.15) is 11.8 Å². The van der Waals surface area contributed by atoms with E-state index in [0.29, 0.717) is 39.7 Å². The molecule has 0 radical (unpaired) electrons. The van der Waals surface area contributed by atoms with Crippen LogP contribution in [0.4, 0.5) is 5.69 Å². The molecular weight excluding hydrogens is 416 g/mol. The minimum atomic E-state index is -0.579. The molecule has 160 valence electrons.